The SMILES string of the molecule is O=C([O-])[O-].Oc1cccc(-c2ccccc2)c1.[K+].[K+]. The van der Waals surface area contributed by atoms with Gasteiger partial charge in [-0.1, -0.05) is 42.5 Å². The number of carboxylic acid groups (broad SMARTS) is 2. The number of phenolic OH excluding ortho intramolecular Hbond substituents is 1. The van der Waals surface area contributed by atoms with Gasteiger partial charge >= 0.3 is 103 Å². The molecule has 0 aromatic heterocycles. The van der Waals surface area contributed by atoms with E-state index < -0.39 is 6.16 Å². The van der Waals surface area contributed by atoms with Gasteiger partial charge in [0.2, 0.25) is 0 Å². The van der Waals surface area contributed by atoms with Gasteiger partial charge in [-0.2, -0.15) is 0 Å². The molecule has 2 aromatic carbocycles. The molecule has 0 fully saturated rings. The summed E-state index contributed by atoms with van der Waals surface area (Å²) in [7, 11) is 0. The van der Waals surface area contributed by atoms with Crippen molar-refractivity contribution in [3.8, 4) is 16.9 Å². The van der Waals surface area contributed by atoms with Gasteiger partial charge in [0.25, 0.3) is 0 Å². The average Bonchev–Trinajstić information content (AvgIpc) is 2.29. The quantitative estimate of drug-likeness (QED) is 0.533. The van der Waals surface area contributed by atoms with Crippen molar-refractivity contribution >= 4 is 6.16 Å². The fourth-order valence-electron chi connectivity index (χ4n) is 1.32. The molecule has 88 valence electrons. The van der Waals surface area contributed by atoms with E-state index in [1.54, 1.807) is 12.1 Å². The number of hydrogen-bond acceptors (Lipinski definition) is 4. The molecule has 0 aliphatic heterocycles. The Hall–Kier alpha value is 0.783. The van der Waals surface area contributed by atoms with Crippen molar-refractivity contribution in [2.75, 3.05) is 0 Å². The van der Waals surface area contributed by atoms with E-state index in [9.17, 15) is 5.11 Å². The molecule has 0 saturated carbocycles. The van der Waals surface area contributed by atoms with Crippen LogP contribution in [-0.4, -0.2) is 11.3 Å². The molecule has 0 heterocycles. The van der Waals surface area contributed by atoms with Gasteiger partial charge in [-0.3, -0.25) is 0 Å². The maximum absolute atomic E-state index is 9.27. The molecule has 19 heavy (non-hydrogen) atoms. The molecule has 0 amide bonds. The molecule has 1 N–H and O–H groups in total. The average molecular weight is 308 g/mol. The van der Waals surface area contributed by atoms with Gasteiger partial charge in [0.1, 0.15) is 5.75 Å². The maximum Gasteiger partial charge on any atom is 1.00 e. The number of aromatic hydroxyl groups is 1. The van der Waals surface area contributed by atoms with Crippen molar-refractivity contribution in [2.24, 2.45) is 0 Å². The van der Waals surface area contributed by atoms with Crippen LogP contribution in [0.15, 0.2) is 54.6 Å². The smallest absolute Gasteiger partial charge is 0.652 e. The topological polar surface area (TPSA) is 83.4 Å². The number of carbonyl (C=O) groups is 1. The summed E-state index contributed by atoms with van der Waals surface area (Å²) in [5, 5.41) is 25.9. The Morgan fingerprint density at radius 3 is 1.79 bits per heavy atom. The van der Waals surface area contributed by atoms with Crippen molar-refractivity contribution in [3.05, 3.63) is 54.6 Å². The van der Waals surface area contributed by atoms with E-state index in [2.05, 4.69) is 0 Å². The zero-order chi connectivity index (χ0) is 12.7. The summed E-state index contributed by atoms with van der Waals surface area (Å²) in [6, 6.07) is 17.3. The van der Waals surface area contributed by atoms with Crippen molar-refractivity contribution in [2.45, 2.75) is 0 Å². The third kappa shape index (κ3) is 10.2. The third-order valence-electron chi connectivity index (χ3n) is 1.95. The second kappa shape index (κ2) is 12.5. The molecule has 0 radical (unpaired) electrons. The third-order valence-corrected chi connectivity index (χ3v) is 1.95. The number of phenols is 1. The molecule has 4 nitrogen and oxygen atoms in total. The normalized spacial score (nSPS) is 8.00. The Morgan fingerprint density at radius 2 is 1.32 bits per heavy atom. The molecule has 6 heteroatoms. The molecule has 2 rings (SSSR count). The second-order valence-corrected chi connectivity index (χ2v) is 3.17. The molecule has 0 spiro atoms. The Bertz CT molecular complexity index is 485. The molecule has 0 atom stereocenters. The second-order valence-electron chi connectivity index (χ2n) is 3.17. The van der Waals surface area contributed by atoms with Gasteiger partial charge < -0.3 is 20.1 Å². The van der Waals surface area contributed by atoms with E-state index in [0.717, 1.165) is 11.1 Å². The van der Waals surface area contributed by atoms with Crippen molar-refractivity contribution in [1.29, 1.82) is 0 Å². The summed E-state index contributed by atoms with van der Waals surface area (Å²) < 4.78 is 0. The van der Waals surface area contributed by atoms with Crippen molar-refractivity contribution in [3.63, 3.8) is 0 Å². The van der Waals surface area contributed by atoms with Crippen LogP contribution in [0.2, 0.25) is 0 Å². The first kappa shape index (κ1) is 22.1. The molecule has 0 saturated heterocycles. The van der Waals surface area contributed by atoms with E-state index in [0.29, 0.717) is 5.75 Å². The predicted octanol–water partition coefficient (Wildman–Crippen LogP) is -5.38. The van der Waals surface area contributed by atoms with Crippen LogP contribution in [0.5, 0.6) is 5.75 Å². The van der Waals surface area contributed by atoms with Gasteiger partial charge in [-0.05, 0) is 29.4 Å². The van der Waals surface area contributed by atoms with Gasteiger partial charge in [-0.25, -0.2) is 0 Å². The summed E-state index contributed by atoms with van der Waals surface area (Å²) in [6.45, 7) is 0. The molecule has 0 bridgehead atoms. The van der Waals surface area contributed by atoms with E-state index >= 15 is 0 Å². The van der Waals surface area contributed by atoms with Crippen LogP contribution >= 0.6 is 0 Å². The zero-order valence-corrected chi connectivity index (χ0v) is 17.1. The van der Waals surface area contributed by atoms with E-state index in [1.807, 2.05) is 42.5 Å². The Kier molecular flexibility index (Phi) is 14.5. The van der Waals surface area contributed by atoms with Gasteiger partial charge in [0.15, 0.2) is 0 Å². The van der Waals surface area contributed by atoms with Crippen molar-refractivity contribution < 1.29 is 123 Å². The molecular weight excluding hydrogens is 298 g/mol. The fraction of sp³-hybridized carbons (Fsp3) is 0. The zero-order valence-electron chi connectivity index (χ0n) is 10.9. The molecule has 0 unspecified atom stereocenters. The molecule has 2 aromatic rings. The standard InChI is InChI=1S/C12H10O.CH2O3.2K/c13-12-8-4-7-11(9-12)10-5-2-1-3-6-10;2-1(3)4;;/h1-9,13H;(H2,2,3,4);;/q;;2*+1/p-2. The largest absolute Gasteiger partial charge is 1.00 e. The Balaban J connectivity index is 0. The molecular formula is C13H10K2O4. The van der Waals surface area contributed by atoms with Crippen LogP contribution in [0, 0.1) is 0 Å². The van der Waals surface area contributed by atoms with Crippen LogP contribution in [0.25, 0.3) is 11.1 Å². The molecule has 0 aliphatic carbocycles. The summed E-state index contributed by atoms with van der Waals surface area (Å²) in [5.41, 5.74) is 2.17. The molecule has 0 aliphatic rings. The minimum Gasteiger partial charge on any atom is -0.652 e. The fourth-order valence-corrected chi connectivity index (χ4v) is 1.32. The first-order valence-corrected chi connectivity index (χ1v) is 4.82. The van der Waals surface area contributed by atoms with Crippen LogP contribution in [0.1, 0.15) is 0 Å². The number of rotatable bonds is 1. The summed E-state index contributed by atoms with van der Waals surface area (Å²) in [5.74, 6) is 0.307. The van der Waals surface area contributed by atoms with E-state index in [-0.39, 0.29) is 103 Å². The van der Waals surface area contributed by atoms with Crippen LogP contribution in [0.3, 0.4) is 0 Å². The summed E-state index contributed by atoms with van der Waals surface area (Å²) >= 11 is 0. The van der Waals surface area contributed by atoms with Gasteiger partial charge in [0.05, 0.1) is 0 Å². The number of benzene rings is 2. The van der Waals surface area contributed by atoms with E-state index in [1.165, 1.54) is 0 Å². The minimum atomic E-state index is -2.33. The number of hydrogen-bond donors (Lipinski definition) is 1. The monoisotopic (exact) mass is 308 g/mol. The maximum atomic E-state index is 9.27. The van der Waals surface area contributed by atoms with Gasteiger partial charge in [0, 0.05) is 0 Å². The summed E-state index contributed by atoms with van der Waals surface area (Å²) in [4.78, 5) is 8.33. The predicted molar refractivity (Wildman–Crippen MR) is 58.9 cm³/mol. The van der Waals surface area contributed by atoms with Crippen LogP contribution < -0.4 is 113 Å². The van der Waals surface area contributed by atoms with E-state index in [4.69, 9.17) is 15.0 Å². The van der Waals surface area contributed by atoms with Crippen LogP contribution in [0.4, 0.5) is 4.79 Å². The van der Waals surface area contributed by atoms with Gasteiger partial charge in [-0.15, -0.1) is 0 Å². The number of carbonyl (C=O) groups excluding carboxylic acids is 1. The first-order valence-electron chi connectivity index (χ1n) is 4.82. The summed E-state index contributed by atoms with van der Waals surface area (Å²) in [6.07, 6.45) is -2.33. The minimum absolute atomic E-state index is 0. The Labute approximate surface area is 196 Å². The first-order chi connectivity index (χ1) is 8.09. The Morgan fingerprint density at radius 1 is 0.842 bits per heavy atom. The van der Waals surface area contributed by atoms with Crippen molar-refractivity contribution in [1.82, 2.24) is 0 Å². The van der Waals surface area contributed by atoms with Crippen LogP contribution in [-0.2, 0) is 0 Å².